The summed E-state index contributed by atoms with van der Waals surface area (Å²) in [7, 11) is -3.43. The summed E-state index contributed by atoms with van der Waals surface area (Å²) in [6, 6.07) is 22.0. The van der Waals surface area contributed by atoms with Crippen molar-refractivity contribution in [1.82, 2.24) is 9.55 Å². The van der Waals surface area contributed by atoms with E-state index in [-0.39, 0.29) is 0 Å². The molecule has 2 heterocycles. The molecule has 1 aromatic heterocycles. The van der Waals surface area contributed by atoms with Gasteiger partial charge in [-0.3, -0.25) is 4.72 Å². The van der Waals surface area contributed by atoms with E-state index in [4.69, 9.17) is 9.72 Å². The van der Waals surface area contributed by atoms with Gasteiger partial charge in [-0.2, -0.15) is 5.26 Å². The Morgan fingerprint density at radius 3 is 2.70 bits per heavy atom. The Morgan fingerprint density at radius 1 is 1.14 bits per heavy atom. The number of fused-ring (bicyclic) bond motifs is 3. The monoisotopic (exact) mass is 512 g/mol. The highest BCUT2D eigenvalue weighted by Crippen LogP contribution is 2.39. The lowest BCUT2D eigenvalue weighted by molar-refractivity contribution is 0.307. The van der Waals surface area contributed by atoms with Crippen LogP contribution in [0.5, 0.6) is 5.75 Å². The fraction of sp³-hybridized carbons (Fsp3) is 0.241. The third-order valence-electron chi connectivity index (χ3n) is 6.49. The molecule has 37 heavy (non-hydrogen) atoms. The van der Waals surface area contributed by atoms with Crippen molar-refractivity contribution in [2.75, 3.05) is 11.0 Å². The van der Waals surface area contributed by atoms with Crippen LogP contribution in [0.2, 0.25) is 0 Å². The molecule has 4 aromatic rings. The zero-order valence-electron chi connectivity index (χ0n) is 21.1. The van der Waals surface area contributed by atoms with Gasteiger partial charge in [0.25, 0.3) is 0 Å². The van der Waals surface area contributed by atoms with Gasteiger partial charge in [0, 0.05) is 29.7 Å². The predicted octanol–water partition coefficient (Wildman–Crippen LogP) is 5.65. The molecule has 0 saturated carbocycles. The zero-order chi connectivity index (χ0) is 26.2. The minimum Gasteiger partial charge on any atom is -0.488 e. The number of aromatic nitrogens is 2. The summed E-state index contributed by atoms with van der Waals surface area (Å²) in [4.78, 5) is 4.83. The molecule has 7 nitrogen and oxygen atoms in total. The number of ether oxygens (including phenoxy) is 1. The van der Waals surface area contributed by atoms with Crippen LogP contribution in [0.1, 0.15) is 48.3 Å². The number of nitrogens with one attached hydrogen (secondary N) is 1. The highest BCUT2D eigenvalue weighted by atomic mass is 32.2. The second-order valence-electron chi connectivity index (χ2n) is 9.30. The number of hydrogen-bond donors (Lipinski definition) is 1. The third kappa shape index (κ3) is 4.83. The predicted molar refractivity (Wildman–Crippen MR) is 146 cm³/mol. The van der Waals surface area contributed by atoms with Crippen LogP contribution in [-0.4, -0.2) is 24.2 Å². The van der Waals surface area contributed by atoms with Crippen molar-refractivity contribution in [1.29, 1.82) is 5.26 Å². The molecule has 0 atom stereocenters. The molecule has 0 bridgehead atoms. The van der Waals surface area contributed by atoms with Crippen molar-refractivity contribution < 1.29 is 13.2 Å². The molecular formula is C29H28N4O3S. The van der Waals surface area contributed by atoms with E-state index >= 15 is 0 Å². The standard InChI is InChI=1S/C29H28N4O3S/c1-4-8-27-31-29-24(32-37(3,34)35)10-7-11-25(29)33(27)17-20-13-14-22-21(15-20)18-36-26-12-6-5-9-23(26)28(22)19(2)16-30/h5-7,9-15,32H,4,8,17-18H2,1-3H3. The van der Waals surface area contributed by atoms with Crippen molar-refractivity contribution in [3.8, 4) is 11.8 Å². The molecule has 0 spiro atoms. The minimum atomic E-state index is -3.43. The Labute approximate surface area is 217 Å². The molecule has 5 rings (SSSR count). The molecular weight excluding hydrogens is 484 g/mol. The van der Waals surface area contributed by atoms with E-state index in [0.717, 1.165) is 64.0 Å². The number of anilines is 1. The smallest absolute Gasteiger partial charge is 0.229 e. The molecule has 8 heteroatoms. The summed E-state index contributed by atoms with van der Waals surface area (Å²) >= 11 is 0. The van der Waals surface area contributed by atoms with Crippen LogP contribution >= 0.6 is 0 Å². The van der Waals surface area contributed by atoms with E-state index in [1.807, 2.05) is 43.3 Å². The van der Waals surface area contributed by atoms with Gasteiger partial charge in [0.2, 0.25) is 10.0 Å². The number of nitrogens with zero attached hydrogens (tertiary/aromatic N) is 3. The molecule has 188 valence electrons. The van der Waals surface area contributed by atoms with Gasteiger partial charge in [0.1, 0.15) is 23.7 Å². The summed E-state index contributed by atoms with van der Waals surface area (Å²) in [6.45, 7) is 4.91. The first-order chi connectivity index (χ1) is 17.8. The van der Waals surface area contributed by atoms with E-state index in [9.17, 15) is 13.7 Å². The molecule has 0 radical (unpaired) electrons. The van der Waals surface area contributed by atoms with Crippen LogP contribution in [0.25, 0.3) is 16.6 Å². The molecule has 0 saturated heterocycles. The maximum atomic E-state index is 11.9. The van der Waals surface area contributed by atoms with Gasteiger partial charge < -0.3 is 9.30 Å². The van der Waals surface area contributed by atoms with Crippen LogP contribution in [0.15, 0.2) is 66.2 Å². The number of hydrogen-bond acceptors (Lipinski definition) is 5. The summed E-state index contributed by atoms with van der Waals surface area (Å²) in [5.74, 6) is 1.67. The second kappa shape index (κ2) is 9.75. The molecule has 3 aromatic carbocycles. The Balaban J connectivity index is 1.59. The van der Waals surface area contributed by atoms with Gasteiger partial charge >= 0.3 is 0 Å². The SMILES string of the molecule is CCCc1nc2c(NS(C)(=O)=O)cccc2n1Cc1ccc2c(c1)COc1ccccc1C2=C(C)C#N. The highest BCUT2D eigenvalue weighted by molar-refractivity contribution is 7.92. The van der Waals surface area contributed by atoms with E-state index < -0.39 is 10.0 Å². The summed E-state index contributed by atoms with van der Waals surface area (Å²) in [5.41, 5.74) is 7.53. The fourth-order valence-corrected chi connectivity index (χ4v) is 5.48. The van der Waals surface area contributed by atoms with Gasteiger partial charge in [0.05, 0.1) is 23.5 Å². The van der Waals surface area contributed by atoms with Crippen molar-refractivity contribution in [2.45, 2.75) is 39.8 Å². The largest absolute Gasteiger partial charge is 0.488 e. The molecule has 0 unspecified atom stereocenters. The summed E-state index contributed by atoms with van der Waals surface area (Å²) < 4.78 is 34.7. The summed E-state index contributed by atoms with van der Waals surface area (Å²) in [5, 5.41) is 9.73. The number of benzene rings is 3. The molecule has 0 aliphatic carbocycles. The van der Waals surface area contributed by atoms with Crippen LogP contribution in [-0.2, 0) is 29.6 Å². The van der Waals surface area contributed by atoms with Crippen LogP contribution in [0.4, 0.5) is 5.69 Å². The van der Waals surface area contributed by atoms with E-state index in [2.05, 4.69) is 40.5 Å². The maximum absolute atomic E-state index is 11.9. The second-order valence-corrected chi connectivity index (χ2v) is 11.0. The Hall–Kier alpha value is -4.09. The lowest BCUT2D eigenvalue weighted by atomic mass is 9.90. The number of rotatable bonds is 6. The number of imidazole rings is 1. The lowest BCUT2D eigenvalue weighted by Crippen LogP contribution is -2.10. The first-order valence-electron chi connectivity index (χ1n) is 12.2. The van der Waals surface area contributed by atoms with Gasteiger partial charge in [-0.25, -0.2) is 13.4 Å². The number of para-hydroxylation sites is 2. The molecule has 1 aliphatic heterocycles. The van der Waals surface area contributed by atoms with Crippen molar-refractivity contribution in [3.05, 3.63) is 94.3 Å². The first-order valence-corrected chi connectivity index (χ1v) is 14.1. The normalized spacial score (nSPS) is 14.2. The number of allylic oxidation sites excluding steroid dienone is 1. The Bertz CT molecular complexity index is 1690. The van der Waals surface area contributed by atoms with E-state index in [1.165, 1.54) is 0 Å². The van der Waals surface area contributed by atoms with Crippen LogP contribution < -0.4 is 9.46 Å². The Kier molecular flexibility index (Phi) is 6.48. The molecule has 0 amide bonds. The molecule has 0 fully saturated rings. The summed E-state index contributed by atoms with van der Waals surface area (Å²) in [6.07, 6.45) is 2.82. The van der Waals surface area contributed by atoms with Crippen LogP contribution in [0, 0.1) is 11.3 Å². The third-order valence-corrected chi connectivity index (χ3v) is 7.08. The van der Waals surface area contributed by atoms with Crippen LogP contribution in [0.3, 0.4) is 0 Å². The lowest BCUT2D eigenvalue weighted by Gasteiger charge is -2.14. The van der Waals surface area contributed by atoms with Gasteiger partial charge in [0.15, 0.2) is 0 Å². The van der Waals surface area contributed by atoms with Gasteiger partial charge in [-0.15, -0.1) is 0 Å². The number of nitriles is 1. The van der Waals surface area contributed by atoms with Gasteiger partial charge in [-0.05, 0) is 54.3 Å². The van der Waals surface area contributed by atoms with Gasteiger partial charge in [-0.1, -0.05) is 43.3 Å². The topological polar surface area (TPSA) is 97.0 Å². The molecule has 1 aliphatic rings. The highest BCUT2D eigenvalue weighted by Gasteiger charge is 2.22. The molecule has 1 N–H and O–H groups in total. The average molecular weight is 513 g/mol. The van der Waals surface area contributed by atoms with Crippen molar-refractivity contribution in [3.63, 3.8) is 0 Å². The first kappa shape index (κ1) is 24.6. The average Bonchev–Trinajstić information content (AvgIpc) is 3.12. The van der Waals surface area contributed by atoms with Crippen molar-refractivity contribution in [2.24, 2.45) is 0 Å². The van der Waals surface area contributed by atoms with E-state index in [0.29, 0.717) is 29.9 Å². The quantitative estimate of drug-likeness (QED) is 0.337. The fourth-order valence-electron chi connectivity index (χ4n) is 4.92. The maximum Gasteiger partial charge on any atom is 0.229 e. The zero-order valence-corrected chi connectivity index (χ0v) is 21.9. The number of aryl methyl sites for hydroxylation is 1. The van der Waals surface area contributed by atoms with E-state index in [1.54, 1.807) is 6.07 Å². The Morgan fingerprint density at radius 2 is 1.95 bits per heavy atom. The van der Waals surface area contributed by atoms with Crippen molar-refractivity contribution >= 4 is 32.3 Å². The number of sulfonamides is 1. The minimum absolute atomic E-state index is 0.400.